The van der Waals surface area contributed by atoms with Crippen LogP contribution in [0.2, 0.25) is 0 Å². The van der Waals surface area contributed by atoms with Gasteiger partial charge in [-0.3, -0.25) is 9.69 Å². The average Bonchev–Trinajstić information content (AvgIpc) is 2.75. The fourth-order valence-electron chi connectivity index (χ4n) is 3.33. The predicted molar refractivity (Wildman–Crippen MR) is 109 cm³/mol. The van der Waals surface area contributed by atoms with Gasteiger partial charge in [0.1, 0.15) is 17.3 Å². The molecule has 6 nitrogen and oxygen atoms in total. The zero-order valence-electron chi connectivity index (χ0n) is 16.0. The van der Waals surface area contributed by atoms with Gasteiger partial charge < -0.3 is 10.2 Å². The second-order valence-electron chi connectivity index (χ2n) is 6.98. The van der Waals surface area contributed by atoms with Crippen molar-refractivity contribution in [3.8, 4) is 0 Å². The number of hydrogen-bond donors (Lipinski definition) is 1. The second kappa shape index (κ2) is 8.79. The zero-order chi connectivity index (χ0) is 20.1. The van der Waals surface area contributed by atoms with Crippen LogP contribution in [0.3, 0.4) is 0 Å². The van der Waals surface area contributed by atoms with E-state index in [1.165, 1.54) is 30.1 Å². The Hall–Kier alpha value is -3.32. The van der Waals surface area contributed by atoms with Crippen LogP contribution in [-0.2, 0) is 6.54 Å². The molecule has 2 aromatic carbocycles. The van der Waals surface area contributed by atoms with Crippen molar-refractivity contribution in [2.45, 2.75) is 6.54 Å². The molecule has 1 fully saturated rings. The van der Waals surface area contributed by atoms with Gasteiger partial charge in [-0.2, -0.15) is 0 Å². The van der Waals surface area contributed by atoms with Gasteiger partial charge in [0.2, 0.25) is 0 Å². The van der Waals surface area contributed by atoms with E-state index in [1.54, 1.807) is 12.1 Å². The highest BCUT2D eigenvalue weighted by Crippen LogP contribution is 2.15. The SMILES string of the molecule is O=C(c1cnc(Nc2cccc(F)c2)cn1)N1CCN(Cc2ccccc2)CC1. The molecule has 1 aliphatic rings. The first-order valence-corrected chi connectivity index (χ1v) is 9.57. The lowest BCUT2D eigenvalue weighted by atomic mass is 10.2. The van der Waals surface area contributed by atoms with Gasteiger partial charge in [0.05, 0.1) is 12.4 Å². The van der Waals surface area contributed by atoms with Crippen LogP contribution in [0.15, 0.2) is 67.0 Å². The molecule has 148 valence electrons. The normalized spacial score (nSPS) is 14.6. The van der Waals surface area contributed by atoms with Gasteiger partial charge >= 0.3 is 0 Å². The molecule has 0 bridgehead atoms. The summed E-state index contributed by atoms with van der Waals surface area (Å²) in [6, 6.07) is 16.4. The topological polar surface area (TPSA) is 61.4 Å². The van der Waals surface area contributed by atoms with E-state index >= 15 is 0 Å². The van der Waals surface area contributed by atoms with Crippen molar-refractivity contribution >= 4 is 17.4 Å². The van der Waals surface area contributed by atoms with E-state index in [0.29, 0.717) is 30.3 Å². The van der Waals surface area contributed by atoms with E-state index in [-0.39, 0.29) is 11.7 Å². The van der Waals surface area contributed by atoms with Crippen molar-refractivity contribution in [1.82, 2.24) is 19.8 Å². The highest BCUT2D eigenvalue weighted by Gasteiger charge is 2.23. The molecule has 0 unspecified atom stereocenters. The molecule has 29 heavy (non-hydrogen) atoms. The van der Waals surface area contributed by atoms with Gasteiger partial charge in [-0.05, 0) is 23.8 Å². The summed E-state index contributed by atoms with van der Waals surface area (Å²) in [5.41, 5.74) is 2.17. The van der Waals surface area contributed by atoms with Gasteiger partial charge in [-0.25, -0.2) is 14.4 Å². The highest BCUT2D eigenvalue weighted by molar-refractivity contribution is 5.92. The Morgan fingerprint density at radius 2 is 1.76 bits per heavy atom. The molecule has 1 aromatic heterocycles. The Balaban J connectivity index is 1.32. The molecule has 2 heterocycles. The number of nitrogens with one attached hydrogen (secondary N) is 1. The Morgan fingerprint density at radius 3 is 2.45 bits per heavy atom. The van der Waals surface area contributed by atoms with Crippen LogP contribution in [-0.4, -0.2) is 51.9 Å². The van der Waals surface area contributed by atoms with Crippen LogP contribution in [0.4, 0.5) is 15.9 Å². The molecular formula is C22H22FN5O. The lowest BCUT2D eigenvalue weighted by Gasteiger charge is -2.34. The first-order chi connectivity index (χ1) is 14.2. The smallest absolute Gasteiger partial charge is 0.274 e. The molecule has 0 atom stereocenters. The van der Waals surface area contributed by atoms with Gasteiger partial charge in [0, 0.05) is 38.4 Å². The number of carbonyl (C=O) groups is 1. The molecule has 0 spiro atoms. The second-order valence-corrected chi connectivity index (χ2v) is 6.98. The van der Waals surface area contributed by atoms with Crippen molar-refractivity contribution in [3.05, 3.63) is 84.1 Å². The maximum absolute atomic E-state index is 13.3. The maximum atomic E-state index is 13.3. The van der Waals surface area contributed by atoms with E-state index in [2.05, 4.69) is 32.3 Å². The Morgan fingerprint density at radius 1 is 0.966 bits per heavy atom. The molecule has 1 aliphatic heterocycles. The standard InChI is InChI=1S/C22H22FN5O/c23-18-7-4-8-19(13-18)26-21-15-24-20(14-25-21)22(29)28-11-9-27(10-12-28)16-17-5-2-1-3-6-17/h1-8,13-15H,9-12,16H2,(H,25,26). The highest BCUT2D eigenvalue weighted by atomic mass is 19.1. The number of rotatable bonds is 5. The summed E-state index contributed by atoms with van der Waals surface area (Å²) >= 11 is 0. The molecule has 1 N–H and O–H groups in total. The lowest BCUT2D eigenvalue weighted by molar-refractivity contribution is 0.0622. The largest absolute Gasteiger partial charge is 0.339 e. The number of nitrogens with zero attached hydrogens (tertiary/aromatic N) is 4. The molecule has 0 radical (unpaired) electrons. The summed E-state index contributed by atoms with van der Waals surface area (Å²) in [6.07, 6.45) is 2.95. The minimum atomic E-state index is -0.332. The zero-order valence-corrected chi connectivity index (χ0v) is 16.0. The first kappa shape index (κ1) is 19.0. The lowest BCUT2D eigenvalue weighted by Crippen LogP contribution is -2.48. The average molecular weight is 391 g/mol. The number of anilines is 2. The maximum Gasteiger partial charge on any atom is 0.274 e. The van der Waals surface area contributed by atoms with Crippen molar-refractivity contribution in [2.24, 2.45) is 0 Å². The number of amides is 1. The molecule has 0 aliphatic carbocycles. The van der Waals surface area contributed by atoms with E-state index in [0.717, 1.165) is 19.6 Å². The molecule has 7 heteroatoms. The van der Waals surface area contributed by atoms with E-state index in [1.807, 2.05) is 23.1 Å². The van der Waals surface area contributed by atoms with Crippen LogP contribution < -0.4 is 5.32 Å². The first-order valence-electron chi connectivity index (χ1n) is 9.57. The Kier molecular flexibility index (Phi) is 5.76. The van der Waals surface area contributed by atoms with Crippen LogP contribution in [0.25, 0.3) is 0 Å². The molecule has 0 saturated carbocycles. The minimum Gasteiger partial charge on any atom is -0.339 e. The monoisotopic (exact) mass is 391 g/mol. The Bertz CT molecular complexity index is 956. The molecule has 1 amide bonds. The summed E-state index contributed by atoms with van der Waals surface area (Å²) in [5.74, 6) is 0.00941. The number of aromatic nitrogens is 2. The summed E-state index contributed by atoms with van der Waals surface area (Å²) in [7, 11) is 0. The number of hydrogen-bond acceptors (Lipinski definition) is 5. The number of piperazine rings is 1. The number of halogens is 1. The summed E-state index contributed by atoms with van der Waals surface area (Å²) in [4.78, 5) is 25.3. The van der Waals surface area contributed by atoms with Gasteiger partial charge in [-0.1, -0.05) is 36.4 Å². The van der Waals surface area contributed by atoms with Crippen LogP contribution in [0.1, 0.15) is 16.1 Å². The molecule has 4 rings (SSSR count). The third-order valence-corrected chi connectivity index (χ3v) is 4.88. The van der Waals surface area contributed by atoms with Crippen LogP contribution in [0, 0.1) is 5.82 Å². The summed E-state index contributed by atoms with van der Waals surface area (Å²) in [6.45, 7) is 3.87. The summed E-state index contributed by atoms with van der Waals surface area (Å²) in [5, 5.41) is 2.97. The van der Waals surface area contributed by atoms with Crippen molar-refractivity contribution in [3.63, 3.8) is 0 Å². The number of carbonyl (C=O) groups excluding carboxylic acids is 1. The predicted octanol–water partition coefficient (Wildman–Crippen LogP) is 3.32. The molecule has 3 aromatic rings. The third-order valence-electron chi connectivity index (χ3n) is 4.88. The van der Waals surface area contributed by atoms with Crippen LogP contribution >= 0.6 is 0 Å². The minimum absolute atomic E-state index is 0.117. The van der Waals surface area contributed by atoms with Crippen molar-refractivity contribution in [1.29, 1.82) is 0 Å². The third kappa shape index (κ3) is 4.94. The van der Waals surface area contributed by atoms with Gasteiger partial charge in [-0.15, -0.1) is 0 Å². The molecule has 1 saturated heterocycles. The van der Waals surface area contributed by atoms with Gasteiger partial charge in [0.15, 0.2) is 0 Å². The summed E-state index contributed by atoms with van der Waals surface area (Å²) < 4.78 is 13.3. The van der Waals surface area contributed by atoms with E-state index in [9.17, 15) is 9.18 Å². The van der Waals surface area contributed by atoms with Crippen molar-refractivity contribution < 1.29 is 9.18 Å². The van der Waals surface area contributed by atoms with Crippen molar-refractivity contribution in [2.75, 3.05) is 31.5 Å². The molecular weight excluding hydrogens is 369 g/mol. The van der Waals surface area contributed by atoms with E-state index in [4.69, 9.17) is 0 Å². The van der Waals surface area contributed by atoms with Crippen LogP contribution in [0.5, 0.6) is 0 Å². The fraction of sp³-hybridized carbons (Fsp3) is 0.227. The quantitative estimate of drug-likeness (QED) is 0.723. The fourth-order valence-corrected chi connectivity index (χ4v) is 3.33. The Labute approximate surface area is 169 Å². The van der Waals surface area contributed by atoms with Gasteiger partial charge in [0.25, 0.3) is 5.91 Å². The number of benzene rings is 2. The van der Waals surface area contributed by atoms with E-state index < -0.39 is 0 Å².